The van der Waals surface area contributed by atoms with Crippen LogP contribution in [0.2, 0.25) is 0 Å². The number of ether oxygens (including phenoxy) is 1. The van der Waals surface area contributed by atoms with Gasteiger partial charge in [0.2, 0.25) is 0 Å². The minimum absolute atomic E-state index is 0.0525. The Hall–Kier alpha value is -2.62. The molecule has 0 fully saturated rings. The molecule has 0 bridgehead atoms. The number of carbonyl (C=O) groups excluding carboxylic acids is 1. The van der Waals surface area contributed by atoms with Gasteiger partial charge in [0.1, 0.15) is 5.75 Å². The number of hydrazone groups is 1. The van der Waals surface area contributed by atoms with Crippen LogP contribution in [0, 0.1) is 0 Å². The lowest BCUT2D eigenvalue weighted by Crippen LogP contribution is -2.26. The van der Waals surface area contributed by atoms with Crippen LogP contribution in [0.4, 0.5) is 0 Å². The van der Waals surface area contributed by atoms with Gasteiger partial charge in [0.15, 0.2) is 6.61 Å². The molecule has 2 aromatic carbocycles. The molecule has 0 spiro atoms. The Balaban J connectivity index is 1.98. The molecule has 4 heteroatoms. The molecule has 0 aliphatic heterocycles. The summed E-state index contributed by atoms with van der Waals surface area (Å²) in [5.41, 5.74) is 5.65. The molecule has 0 radical (unpaired) electrons. The van der Waals surface area contributed by atoms with Crippen molar-refractivity contribution < 1.29 is 9.53 Å². The van der Waals surface area contributed by atoms with Crippen LogP contribution in [-0.2, 0) is 4.79 Å². The number of benzene rings is 2. The first-order valence-electron chi connectivity index (χ1n) is 9.24. The Morgan fingerprint density at radius 3 is 2.46 bits per heavy atom. The fourth-order valence-electron chi connectivity index (χ4n) is 2.63. The Bertz CT molecular complexity index is 724. The summed E-state index contributed by atoms with van der Waals surface area (Å²) in [5.74, 6) is 0.829. The van der Waals surface area contributed by atoms with Crippen molar-refractivity contribution in [1.29, 1.82) is 0 Å². The quantitative estimate of drug-likeness (QED) is 0.515. The third-order valence-corrected chi connectivity index (χ3v) is 4.09. The van der Waals surface area contributed by atoms with Gasteiger partial charge in [-0.15, -0.1) is 0 Å². The number of hydrogen-bond acceptors (Lipinski definition) is 3. The maximum absolute atomic E-state index is 12.2. The lowest BCUT2D eigenvalue weighted by Gasteiger charge is -2.13. The van der Waals surface area contributed by atoms with Crippen LogP contribution < -0.4 is 10.2 Å². The zero-order valence-corrected chi connectivity index (χ0v) is 15.9. The first-order chi connectivity index (χ1) is 12.6. The number of nitrogens with zero attached hydrogens (tertiary/aromatic N) is 1. The van der Waals surface area contributed by atoms with Crippen LogP contribution in [0.1, 0.15) is 57.1 Å². The molecule has 2 aromatic rings. The van der Waals surface area contributed by atoms with Gasteiger partial charge in [-0.1, -0.05) is 75.7 Å². The zero-order chi connectivity index (χ0) is 18.8. The van der Waals surface area contributed by atoms with E-state index in [0.29, 0.717) is 5.92 Å². The van der Waals surface area contributed by atoms with Gasteiger partial charge in [-0.25, -0.2) is 5.43 Å². The van der Waals surface area contributed by atoms with Crippen LogP contribution >= 0.6 is 0 Å². The molecule has 0 atom stereocenters. The Morgan fingerprint density at radius 2 is 1.77 bits per heavy atom. The van der Waals surface area contributed by atoms with Crippen molar-refractivity contribution in [1.82, 2.24) is 5.43 Å². The summed E-state index contributed by atoms with van der Waals surface area (Å²) in [6, 6.07) is 17.7. The molecule has 2 rings (SSSR count). The van der Waals surface area contributed by atoms with E-state index in [-0.39, 0.29) is 12.5 Å². The highest BCUT2D eigenvalue weighted by atomic mass is 16.5. The summed E-state index contributed by atoms with van der Waals surface area (Å²) in [6.07, 6.45) is 2.94. The number of nitrogens with one attached hydrogen (secondary N) is 1. The van der Waals surface area contributed by atoms with Crippen molar-refractivity contribution >= 4 is 11.6 Å². The minimum atomic E-state index is -0.256. The number of para-hydroxylation sites is 1. The monoisotopic (exact) mass is 352 g/mol. The Kier molecular flexibility index (Phi) is 7.87. The van der Waals surface area contributed by atoms with Crippen molar-refractivity contribution in [2.75, 3.05) is 6.61 Å². The Morgan fingerprint density at radius 1 is 1.08 bits per heavy atom. The van der Waals surface area contributed by atoms with E-state index in [1.54, 1.807) is 0 Å². The topological polar surface area (TPSA) is 50.7 Å². The third kappa shape index (κ3) is 6.03. The number of carbonyl (C=O) groups is 1. The van der Waals surface area contributed by atoms with Crippen LogP contribution in [-0.4, -0.2) is 18.2 Å². The highest BCUT2D eigenvalue weighted by molar-refractivity contribution is 6.01. The molecule has 0 heterocycles. The predicted octanol–water partition coefficient (Wildman–Crippen LogP) is 4.90. The van der Waals surface area contributed by atoms with Crippen LogP contribution in [0.3, 0.4) is 0 Å². The molecular formula is C22H28N2O2. The van der Waals surface area contributed by atoms with E-state index in [1.807, 2.05) is 54.6 Å². The predicted molar refractivity (Wildman–Crippen MR) is 107 cm³/mol. The van der Waals surface area contributed by atoms with Crippen molar-refractivity contribution in [3.8, 4) is 5.75 Å². The number of amides is 1. The molecule has 0 saturated heterocycles. The van der Waals surface area contributed by atoms with E-state index in [9.17, 15) is 4.79 Å². The smallest absolute Gasteiger partial charge is 0.277 e. The largest absolute Gasteiger partial charge is 0.483 e. The molecule has 138 valence electrons. The molecule has 0 aliphatic rings. The van der Waals surface area contributed by atoms with E-state index >= 15 is 0 Å². The van der Waals surface area contributed by atoms with Gasteiger partial charge in [-0.3, -0.25) is 4.79 Å². The lowest BCUT2D eigenvalue weighted by molar-refractivity contribution is -0.123. The van der Waals surface area contributed by atoms with E-state index in [2.05, 4.69) is 31.3 Å². The molecule has 1 amide bonds. The van der Waals surface area contributed by atoms with Gasteiger partial charge in [0, 0.05) is 0 Å². The van der Waals surface area contributed by atoms with Gasteiger partial charge in [0.05, 0.1) is 5.71 Å². The summed E-state index contributed by atoms with van der Waals surface area (Å²) < 4.78 is 5.70. The highest BCUT2D eigenvalue weighted by Crippen LogP contribution is 2.25. The van der Waals surface area contributed by atoms with Crippen LogP contribution in [0.25, 0.3) is 0 Å². The number of hydrogen-bond donors (Lipinski definition) is 1. The number of rotatable bonds is 9. The maximum atomic E-state index is 12.2. The highest BCUT2D eigenvalue weighted by Gasteiger charge is 2.09. The number of unbranched alkanes of at least 4 members (excludes halogenated alkanes) is 1. The average molecular weight is 352 g/mol. The standard InChI is InChI=1S/C22H28N2O2/c1-4-5-14-20(18-11-7-6-8-12-18)23-24-22(25)16-26-21-15-10-9-13-19(21)17(2)3/h6-13,15,17H,4-5,14,16H2,1-3H3,(H,24,25). The molecule has 4 nitrogen and oxygen atoms in total. The van der Waals surface area contributed by atoms with Crippen molar-refractivity contribution in [2.24, 2.45) is 5.10 Å². The molecule has 1 N–H and O–H groups in total. The summed E-state index contributed by atoms with van der Waals surface area (Å²) in [6.45, 7) is 6.29. The van der Waals surface area contributed by atoms with Crippen molar-refractivity contribution in [3.05, 3.63) is 65.7 Å². The maximum Gasteiger partial charge on any atom is 0.277 e. The van der Waals surface area contributed by atoms with Gasteiger partial charge in [-0.05, 0) is 36.0 Å². The average Bonchev–Trinajstić information content (AvgIpc) is 2.67. The van der Waals surface area contributed by atoms with Crippen LogP contribution in [0.15, 0.2) is 59.7 Å². The summed E-state index contributed by atoms with van der Waals surface area (Å²) in [7, 11) is 0. The molecule has 0 unspecified atom stereocenters. The lowest BCUT2D eigenvalue weighted by atomic mass is 10.0. The second-order valence-corrected chi connectivity index (χ2v) is 6.54. The zero-order valence-electron chi connectivity index (χ0n) is 15.9. The fraction of sp³-hybridized carbons (Fsp3) is 0.364. The van der Waals surface area contributed by atoms with Gasteiger partial charge >= 0.3 is 0 Å². The second-order valence-electron chi connectivity index (χ2n) is 6.54. The molecule has 26 heavy (non-hydrogen) atoms. The molecular weight excluding hydrogens is 324 g/mol. The third-order valence-electron chi connectivity index (χ3n) is 4.09. The van der Waals surface area contributed by atoms with Crippen LogP contribution in [0.5, 0.6) is 5.75 Å². The van der Waals surface area contributed by atoms with Gasteiger partial charge in [-0.2, -0.15) is 5.10 Å². The minimum Gasteiger partial charge on any atom is -0.483 e. The van der Waals surface area contributed by atoms with Gasteiger partial charge in [0.25, 0.3) is 5.91 Å². The van der Waals surface area contributed by atoms with E-state index in [0.717, 1.165) is 41.9 Å². The van der Waals surface area contributed by atoms with Gasteiger partial charge < -0.3 is 4.74 Å². The van der Waals surface area contributed by atoms with Crippen molar-refractivity contribution in [3.63, 3.8) is 0 Å². The summed E-state index contributed by atoms with van der Waals surface area (Å²) >= 11 is 0. The van der Waals surface area contributed by atoms with Crippen molar-refractivity contribution in [2.45, 2.75) is 46.0 Å². The first kappa shape index (κ1) is 19.7. The summed E-state index contributed by atoms with van der Waals surface area (Å²) in [5, 5.41) is 4.34. The Labute approximate surface area is 156 Å². The van der Waals surface area contributed by atoms with E-state index in [1.165, 1.54) is 0 Å². The normalized spacial score (nSPS) is 11.5. The molecule has 0 aromatic heterocycles. The second kappa shape index (κ2) is 10.4. The summed E-state index contributed by atoms with van der Waals surface area (Å²) in [4.78, 5) is 12.2. The fourth-order valence-corrected chi connectivity index (χ4v) is 2.63. The first-order valence-corrected chi connectivity index (χ1v) is 9.24. The van der Waals surface area contributed by atoms with E-state index < -0.39 is 0 Å². The molecule has 0 saturated carbocycles. The SMILES string of the molecule is CCCCC(=NNC(=O)COc1ccccc1C(C)C)c1ccccc1. The van der Waals surface area contributed by atoms with E-state index in [4.69, 9.17) is 4.74 Å². The molecule has 0 aliphatic carbocycles.